The Hall–Kier alpha value is -13.0. The molecule has 0 aromatic rings. The average molecular weight is 1940 g/mol. The van der Waals surface area contributed by atoms with Crippen LogP contribution in [0.15, 0.2) is 0 Å². The summed E-state index contributed by atoms with van der Waals surface area (Å²) in [5.41, 5.74) is 0. The van der Waals surface area contributed by atoms with Crippen molar-refractivity contribution in [3.8, 4) is 121 Å². The first-order valence-electron chi connectivity index (χ1n) is 46.1. The van der Waals surface area contributed by atoms with Crippen molar-refractivity contribution in [3.05, 3.63) is 0 Å². The number of aliphatic hydroxyl groups excluding tert-OH is 2. The molecule has 1 heterocycles. The molecule has 2 N–H and O–H groups in total. The van der Waals surface area contributed by atoms with Crippen LogP contribution >= 0.6 is 0 Å². The summed E-state index contributed by atoms with van der Waals surface area (Å²) < 4.78 is 39.0. The fourth-order valence-electron chi connectivity index (χ4n) is 11.1. The van der Waals surface area contributed by atoms with E-state index in [2.05, 4.69) is 109 Å². The van der Waals surface area contributed by atoms with Gasteiger partial charge in [-0.15, -0.1) is 0 Å². The Kier molecular flexibility index (Phi) is 136. The van der Waals surface area contributed by atoms with Crippen LogP contribution < -0.4 is 0 Å². The Morgan fingerprint density at radius 2 is 0.540 bits per heavy atom. The van der Waals surface area contributed by atoms with E-state index in [0.29, 0.717) is 305 Å². The largest absolute Gasteiger partial charge is 0.468 e. The number of ether oxygens (including phenoxy) is 8. The van der Waals surface area contributed by atoms with Crippen LogP contribution in [0.4, 0.5) is 0 Å². The van der Waals surface area contributed by atoms with Gasteiger partial charge < -0.3 is 67.7 Å². The van der Waals surface area contributed by atoms with Gasteiger partial charge >= 0.3 is 11.9 Å². The first-order chi connectivity index (χ1) is 67.7. The molecule has 1 fully saturated rings. The quantitative estimate of drug-likeness (QED) is 0.0199. The predicted molar refractivity (Wildman–Crippen MR) is 509 cm³/mol. The van der Waals surface area contributed by atoms with Gasteiger partial charge in [0, 0.05) is 359 Å². The fraction of sp³-hybridized carbons (Fsp3) is 0.747. The lowest BCUT2D eigenvalue weighted by molar-refractivity contribution is -0.142. The van der Waals surface area contributed by atoms with Gasteiger partial charge in [0.1, 0.15) is 20.0 Å². The molecule has 0 aromatic heterocycles. The number of hydrogen-bond donors (Lipinski definition) is 2. The lowest BCUT2D eigenvalue weighted by atomic mass is 10.2. The van der Waals surface area contributed by atoms with Gasteiger partial charge in [-0.25, -0.2) is 0 Å². The van der Waals surface area contributed by atoms with Gasteiger partial charge in [0.25, 0.3) is 12.9 Å². The molecule has 1 unspecified atom stereocenters. The van der Waals surface area contributed by atoms with Crippen molar-refractivity contribution in [2.24, 2.45) is 0 Å². The summed E-state index contributed by atoms with van der Waals surface area (Å²) in [6.07, 6.45) is 14.2. The third-order valence-corrected chi connectivity index (χ3v) is 18.2. The molecule has 0 aliphatic carbocycles. The van der Waals surface area contributed by atoms with E-state index in [1.807, 2.05) is 77.6 Å². The summed E-state index contributed by atoms with van der Waals surface area (Å²) in [7, 11) is 3.22. The highest BCUT2D eigenvalue weighted by atomic mass is 16.7. The highest BCUT2D eigenvalue weighted by Gasteiger charge is 2.19. The molecule has 0 saturated carbocycles. The summed E-state index contributed by atoms with van der Waals surface area (Å²) in [6, 6.07) is 41.4. The van der Waals surface area contributed by atoms with Crippen molar-refractivity contribution in [3.63, 3.8) is 0 Å². The molecule has 1 aliphatic rings. The van der Waals surface area contributed by atoms with Crippen LogP contribution in [-0.2, 0) is 57.1 Å². The van der Waals surface area contributed by atoms with Gasteiger partial charge in [-0.3, -0.25) is 48.6 Å². The highest BCUT2D eigenvalue weighted by Crippen LogP contribution is 2.14. The maximum atomic E-state index is 10.5. The number of nitrogens with zero attached hydrogens (tertiary/aromatic N) is 30. The van der Waals surface area contributed by atoms with Gasteiger partial charge in [-0.1, -0.05) is 6.92 Å². The van der Waals surface area contributed by atoms with Crippen molar-refractivity contribution in [1.29, 1.82) is 105 Å². The van der Waals surface area contributed by atoms with E-state index in [0.717, 1.165) is 117 Å². The van der Waals surface area contributed by atoms with Crippen LogP contribution in [0, 0.1) is 227 Å². The second kappa shape index (κ2) is 131. The molecule has 1 atom stereocenters. The molecule has 44 heteroatoms. The Morgan fingerprint density at radius 3 is 0.791 bits per heavy atom. The van der Waals surface area contributed by atoms with Crippen LogP contribution in [0.25, 0.3) is 0 Å². The minimum Gasteiger partial charge on any atom is -0.468 e. The van der Waals surface area contributed by atoms with Gasteiger partial charge in [-0.2, -0.15) is 105 Å². The summed E-state index contributed by atoms with van der Waals surface area (Å²) >= 11 is 0. The van der Waals surface area contributed by atoms with Gasteiger partial charge in [0.2, 0.25) is 0 Å². The number of methoxy groups -OCH3 is 2. The summed E-state index contributed by atoms with van der Waals surface area (Å²) in [5, 5.41) is 185. The predicted octanol–water partition coefficient (Wildman–Crippen LogP) is 7.25. The van der Waals surface area contributed by atoms with Crippen LogP contribution in [0.1, 0.15) is 181 Å². The van der Waals surface area contributed by atoms with Crippen molar-refractivity contribution in [1.82, 2.24) is 49.0 Å². The van der Waals surface area contributed by atoms with E-state index < -0.39 is 0 Å². The number of esters is 2. The molecule has 1 aliphatic heterocycles. The van der Waals surface area contributed by atoms with Gasteiger partial charge in [0.05, 0.1) is 161 Å². The van der Waals surface area contributed by atoms with Crippen molar-refractivity contribution < 1.29 is 67.3 Å². The highest BCUT2D eigenvalue weighted by molar-refractivity contribution is 5.66. The Balaban J connectivity index is -0.000000193. The SMILES string of the molecule is CC(=O)OCCCN(CCC#N)CCC#N.CC(=O)OCCN(CCC#N)CCC#N.CCN(CCC#N)CCC#N.COCCN(CCC#N)CCC#N.COCOCCN(CCC#N)CCC#N.N#CCCN(CCC#N)CC1CCCO1.N#CCCN(CCC#N)CCCO.N#CCCN(CCC#N)CCCOC=O.N#CCCN(CCC#N)CCOC=O.N#CCCN(CCO)CCC#N. The minimum atomic E-state index is -0.310. The second-order valence-corrected chi connectivity index (χ2v) is 28.7. The van der Waals surface area contributed by atoms with E-state index in [9.17, 15) is 19.2 Å². The maximum Gasteiger partial charge on any atom is 0.302 e. The van der Waals surface area contributed by atoms with Crippen LogP contribution in [-0.4, -0.2) is 367 Å². The molecular weight excluding hydrogens is 1790 g/mol. The zero-order chi connectivity index (χ0) is 106. The van der Waals surface area contributed by atoms with Crippen molar-refractivity contribution in [2.45, 2.75) is 187 Å². The molecule has 44 nitrogen and oxygen atoms in total. The van der Waals surface area contributed by atoms with Gasteiger partial charge in [0.15, 0.2) is 0 Å². The number of rotatable bonds is 72. The van der Waals surface area contributed by atoms with Gasteiger partial charge in [-0.05, 0) is 38.6 Å². The molecule has 764 valence electrons. The monoisotopic (exact) mass is 1940 g/mol. The third kappa shape index (κ3) is 129. The summed E-state index contributed by atoms with van der Waals surface area (Å²) in [4.78, 5) is 61.0. The summed E-state index contributed by atoms with van der Waals surface area (Å²) in [6.45, 7) is 30.5. The lowest BCUT2D eigenvalue weighted by Crippen LogP contribution is -2.33. The molecule has 0 radical (unpaired) electrons. The molecule has 1 rings (SSSR count). The molecule has 139 heavy (non-hydrogen) atoms. The molecule has 0 aromatic carbocycles. The zero-order valence-corrected chi connectivity index (χ0v) is 82.9. The first kappa shape index (κ1) is 144. The van der Waals surface area contributed by atoms with Crippen LogP contribution in [0.3, 0.4) is 0 Å². The zero-order valence-electron chi connectivity index (χ0n) is 82.9. The fourth-order valence-corrected chi connectivity index (χ4v) is 11.1. The number of carbonyl (C=O) groups is 4. The Morgan fingerprint density at radius 1 is 0.295 bits per heavy atom. The smallest absolute Gasteiger partial charge is 0.302 e. The topological polar surface area (TPSA) is 691 Å². The van der Waals surface area contributed by atoms with E-state index in [-0.39, 0.29) is 31.9 Å². The number of nitriles is 20. The summed E-state index contributed by atoms with van der Waals surface area (Å²) in [5.74, 6) is -0.587. The standard InChI is InChI=1S/C11H17N3O2.C11H17N3O.C10H17N3O2.2C10H15N3O2.C9H13N3O2.2C9H15N3O.C8H13N3O.C8H13N3/c1-11(15)16-10-4-9-14(7-2-5-12)8-3-6-13;12-5-2-7-14(8-3-6-13)10-11-4-1-9-15-11;1-14-10-15-9-8-13(6-2-4-11)7-3-5-12;1-10(14)15-9-8-13(6-2-4-11)7-3-5-12;11-4-1-6-13(7-2-5-12)8-3-9-15-10-14;10-3-1-5-12(6-2-4-11)7-8-14-9-13;1-13-9-8-12(6-2-4-10)7-3-5-11;10-4-1-6-12(7-2-5-11)8-3-9-13;9-3-1-5-11(7-8-12)6-2-4-10;1-2-11(7-3-5-9)8-4-6-10/h2-4,7-10H2,1H3;11H,1-4,7-10H2;2-3,6-10H2,1H3;2-3,6-9H2,1H3;10H,1-3,6-9H2;9H,1-2,5-8H2;2-3,6-9H2,1H3;13H,1-3,6-9H2;12H,1-2,5-8H2;2-4,7-8H2,1H3. The van der Waals surface area contributed by atoms with E-state index in [1.165, 1.54) is 13.8 Å². The number of aliphatic hydroxyl groups is 2. The normalized spacial score (nSPS) is 10.6. The molecule has 0 amide bonds. The van der Waals surface area contributed by atoms with E-state index in [1.54, 1.807) is 14.2 Å². The number of hydrogen-bond acceptors (Lipinski definition) is 44. The second-order valence-electron chi connectivity index (χ2n) is 28.7. The maximum absolute atomic E-state index is 10.5. The lowest BCUT2D eigenvalue weighted by Gasteiger charge is -2.22. The van der Waals surface area contributed by atoms with E-state index in [4.69, 9.17) is 144 Å². The van der Waals surface area contributed by atoms with E-state index >= 15 is 0 Å². The third-order valence-electron chi connectivity index (χ3n) is 18.2. The van der Waals surface area contributed by atoms with Crippen LogP contribution in [0.2, 0.25) is 0 Å². The number of carbonyl (C=O) groups excluding carboxylic acids is 4. The van der Waals surface area contributed by atoms with Crippen molar-refractivity contribution in [2.75, 3.05) is 277 Å². The Labute approximate surface area is 828 Å². The molecule has 0 bridgehead atoms. The molecule has 0 spiro atoms. The van der Waals surface area contributed by atoms with Crippen molar-refractivity contribution >= 4 is 24.9 Å². The minimum absolute atomic E-state index is 0.0802. The first-order valence-corrected chi connectivity index (χ1v) is 46.1. The molecule has 1 saturated heterocycles. The average Bonchev–Trinajstić information content (AvgIpc) is 1.82. The molecular formula is C95H150N30O14. The van der Waals surface area contributed by atoms with Crippen LogP contribution in [0.5, 0.6) is 0 Å². The Bertz CT molecular complexity index is 3600.